The summed E-state index contributed by atoms with van der Waals surface area (Å²) in [6.45, 7) is 4.10. The fourth-order valence-corrected chi connectivity index (χ4v) is 2.42. The predicted octanol–water partition coefficient (Wildman–Crippen LogP) is 1.78. The molecule has 1 aromatic rings. The maximum Gasteiger partial charge on any atom is 0.239 e. The summed E-state index contributed by atoms with van der Waals surface area (Å²) in [5.74, 6) is 0.958. The van der Waals surface area contributed by atoms with Gasteiger partial charge in [-0.15, -0.1) is 0 Å². The molecule has 1 N–H and O–H groups in total. The number of methoxy groups -OCH3 is 1. The number of benzene rings is 1. The van der Waals surface area contributed by atoms with E-state index >= 15 is 0 Å². The zero-order valence-corrected chi connectivity index (χ0v) is 12.2. The van der Waals surface area contributed by atoms with Crippen molar-refractivity contribution in [3.63, 3.8) is 0 Å². The van der Waals surface area contributed by atoms with Gasteiger partial charge in [-0.05, 0) is 30.7 Å². The van der Waals surface area contributed by atoms with Crippen LogP contribution in [0.2, 0.25) is 0 Å². The number of rotatable bonds is 3. The van der Waals surface area contributed by atoms with E-state index in [1.54, 1.807) is 7.11 Å². The summed E-state index contributed by atoms with van der Waals surface area (Å²) < 4.78 is 6.21. The number of amides is 1. The molecule has 5 heteroatoms. The van der Waals surface area contributed by atoms with E-state index < -0.39 is 0 Å². The minimum atomic E-state index is -0.0943. The van der Waals surface area contributed by atoms with Gasteiger partial charge in [0.15, 0.2) is 0 Å². The highest BCUT2D eigenvalue weighted by atomic mass is 79.9. The van der Waals surface area contributed by atoms with E-state index in [0.29, 0.717) is 6.54 Å². The Morgan fingerprint density at radius 2 is 2.33 bits per heavy atom. The van der Waals surface area contributed by atoms with Crippen LogP contribution in [0.15, 0.2) is 22.7 Å². The monoisotopic (exact) mass is 312 g/mol. The molecule has 4 nitrogen and oxygen atoms in total. The summed E-state index contributed by atoms with van der Waals surface area (Å²) in [6, 6.07) is 5.72. The van der Waals surface area contributed by atoms with Crippen LogP contribution in [-0.4, -0.2) is 37.0 Å². The topological polar surface area (TPSA) is 41.6 Å². The van der Waals surface area contributed by atoms with Crippen LogP contribution < -0.4 is 10.1 Å². The number of ether oxygens (including phenoxy) is 1. The first kappa shape index (κ1) is 13.4. The summed E-state index contributed by atoms with van der Waals surface area (Å²) in [4.78, 5) is 13.9. The second-order valence-corrected chi connectivity index (χ2v) is 5.25. The zero-order valence-electron chi connectivity index (χ0n) is 10.6. The summed E-state index contributed by atoms with van der Waals surface area (Å²) in [7, 11) is 1.64. The molecule has 0 radical (unpaired) electrons. The standard InChI is InChI=1S/C13H17BrN2O2/c1-9-13(17)16(6-5-15-9)8-10-7-11(18-2)3-4-12(10)14/h3-4,7,9,15H,5-6,8H2,1-2H3. The molecule has 0 bridgehead atoms. The lowest BCUT2D eigenvalue weighted by atomic mass is 10.1. The van der Waals surface area contributed by atoms with Crippen molar-refractivity contribution in [2.24, 2.45) is 0 Å². The highest BCUT2D eigenvalue weighted by Gasteiger charge is 2.24. The third-order valence-electron chi connectivity index (χ3n) is 3.13. The van der Waals surface area contributed by atoms with Gasteiger partial charge in [0.25, 0.3) is 0 Å². The van der Waals surface area contributed by atoms with Gasteiger partial charge in [0.1, 0.15) is 5.75 Å². The van der Waals surface area contributed by atoms with Crippen molar-refractivity contribution in [2.75, 3.05) is 20.2 Å². The zero-order chi connectivity index (χ0) is 13.1. The fraction of sp³-hybridized carbons (Fsp3) is 0.462. The van der Waals surface area contributed by atoms with Gasteiger partial charge in [-0.2, -0.15) is 0 Å². The molecule has 1 unspecified atom stereocenters. The molecule has 0 saturated carbocycles. The van der Waals surface area contributed by atoms with Crippen LogP contribution in [-0.2, 0) is 11.3 Å². The molecule has 1 aliphatic rings. The first-order chi connectivity index (χ1) is 8.61. The van der Waals surface area contributed by atoms with Gasteiger partial charge in [0, 0.05) is 24.1 Å². The van der Waals surface area contributed by atoms with Gasteiger partial charge in [0.05, 0.1) is 13.2 Å². The lowest BCUT2D eigenvalue weighted by Gasteiger charge is -2.31. The molecule has 1 saturated heterocycles. The Hall–Kier alpha value is -1.07. The van der Waals surface area contributed by atoms with Gasteiger partial charge in [-0.3, -0.25) is 4.79 Å². The van der Waals surface area contributed by atoms with Crippen LogP contribution >= 0.6 is 15.9 Å². The van der Waals surface area contributed by atoms with Crippen LogP contribution in [0.3, 0.4) is 0 Å². The first-order valence-corrected chi connectivity index (χ1v) is 6.75. The van der Waals surface area contributed by atoms with Crippen LogP contribution in [0, 0.1) is 0 Å². The summed E-state index contributed by atoms with van der Waals surface area (Å²) >= 11 is 3.51. The Morgan fingerprint density at radius 3 is 3.06 bits per heavy atom. The van der Waals surface area contributed by atoms with Gasteiger partial charge in [-0.25, -0.2) is 0 Å². The van der Waals surface area contributed by atoms with Crippen LogP contribution in [0.1, 0.15) is 12.5 Å². The highest BCUT2D eigenvalue weighted by molar-refractivity contribution is 9.10. The molecule has 1 aliphatic heterocycles. The lowest BCUT2D eigenvalue weighted by Crippen LogP contribution is -2.53. The third-order valence-corrected chi connectivity index (χ3v) is 3.90. The van der Waals surface area contributed by atoms with E-state index in [9.17, 15) is 4.79 Å². The molecule has 2 rings (SSSR count). The normalized spacial score (nSPS) is 20.1. The van der Waals surface area contributed by atoms with E-state index in [1.165, 1.54) is 0 Å². The Kier molecular flexibility index (Phi) is 4.24. The van der Waals surface area contributed by atoms with Gasteiger partial charge in [0.2, 0.25) is 5.91 Å². The summed E-state index contributed by atoms with van der Waals surface area (Å²) in [5, 5.41) is 3.16. The second-order valence-electron chi connectivity index (χ2n) is 4.39. The van der Waals surface area contributed by atoms with E-state index in [4.69, 9.17) is 4.74 Å². The van der Waals surface area contributed by atoms with Gasteiger partial charge < -0.3 is 15.0 Å². The van der Waals surface area contributed by atoms with Crippen molar-refractivity contribution in [2.45, 2.75) is 19.5 Å². The number of halogens is 1. The Labute approximate surface area is 115 Å². The Balaban J connectivity index is 2.15. The van der Waals surface area contributed by atoms with Gasteiger partial charge >= 0.3 is 0 Å². The number of piperazine rings is 1. The van der Waals surface area contributed by atoms with E-state index in [0.717, 1.165) is 28.9 Å². The molecule has 1 heterocycles. The summed E-state index contributed by atoms with van der Waals surface area (Å²) in [5.41, 5.74) is 1.07. The average molecular weight is 313 g/mol. The van der Waals surface area contributed by atoms with Crippen molar-refractivity contribution >= 4 is 21.8 Å². The quantitative estimate of drug-likeness (QED) is 0.925. The number of nitrogens with zero attached hydrogens (tertiary/aromatic N) is 1. The molecule has 1 aromatic carbocycles. The number of hydrogen-bond donors (Lipinski definition) is 1. The minimum absolute atomic E-state index is 0.0943. The lowest BCUT2D eigenvalue weighted by molar-refractivity contribution is -0.135. The molecule has 18 heavy (non-hydrogen) atoms. The molecule has 0 aliphatic carbocycles. The minimum Gasteiger partial charge on any atom is -0.497 e. The molecule has 1 amide bonds. The van der Waals surface area contributed by atoms with Crippen LogP contribution in [0.5, 0.6) is 5.75 Å². The van der Waals surface area contributed by atoms with Crippen LogP contribution in [0.4, 0.5) is 0 Å². The number of hydrogen-bond acceptors (Lipinski definition) is 3. The van der Waals surface area contributed by atoms with Crippen molar-refractivity contribution < 1.29 is 9.53 Å². The number of carbonyl (C=O) groups is 1. The largest absolute Gasteiger partial charge is 0.497 e. The third kappa shape index (κ3) is 2.84. The van der Waals surface area contributed by atoms with Crippen LogP contribution in [0.25, 0.3) is 0 Å². The second kappa shape index (κ2) is 5.71. The van der Waals surface area contributed by atoms with Crippen molar-refractivity contribution in [3.05, 3.63) is 28.2 Å². The van der Waals surface area contributed by atoms with Crippen molar-refractivity contribution in [3.8, 4) is 5.75 Å². The highest BCUT2D eigenvalue weighted by Crippen LogP contribution is 2.24. The first-order valence-electron chi connectivity index (χ1n) is 5.96. The molecule has 1 atom stereocenters. The molecule has 0 spiro atoms. The van der Waals surface area contributed by atoms with E-state index in [1.807, 2.05) is 30.0 Å². The van der Waals surface area contributed by atoms with E-state index in [-0.39, 0.29) is 11.9 Å². The SMILES string of the molecule is COc1ccc(Br)c(CN2CCNC(C)C2=O)c1. The maximum atomic E-state index is 12.0. The number of carbonyl (C=O) groups excluding carboxylic acids is 1. The van der Waals surface area contributed by atoms with Crippen molar-refractivity contribution in [1.82, 2.24) is 10.2 Å². The number of nitrogens with one attached hydrogen (secondary N) is 1. The predicted molar refractivity (Wildman–Crippen MR) is 73.6 cm³/mol. The van der Waals surface area contributed by atoms with Crippen molar-refractivity contribution in [1.29, 1.82) is 0 Å². The van der Waals surface area contributed by atoms with Gasteiger partial charge in [-0.1, -0.05) is 15.9 Å². The maximum absolute atomic E-state index is 12.0. The van der Waals surface area contributed by atoms with E-state index in [2.05, 4.69) is 21.2 Å². The molecule has 98 valence electrons. The molecular weight excluding hydrogens is 296 g/mol. The molecular formula is C13H17BrN2O2. The Bertz CT molecular complexity index is 451. The smallest absolute Gasteiger partial charge is 0.239 e. The molecule has 1 fully saturated rings. The fourth-order valence-electron chi connectivity index (χ4n) is 2.05. The summed E-state index contributed by atoms with van der Waals surface area (Å²) in [6.07, 6.45) is 0. The Morgan fingerprint density at radius 1 is 1.56 bits per heavy atom. The average Bonchev–Trinajstić information content (AvgIpc) is 2.37. The molecule has 0 aromatic heterocycles.